The number of thioether (sulfide) groups is 1. The Morgan fingerprint density at radius 1 is 1.47 bits per heavy atom. The quantitative estimate of drug-likeness (QED) is 0.920. The topological polar surface area (TPSA) is 38.3 Å². The molecule has 1 N–H and O–H groups in total. The van der Waals surface area contributed by atoms with Crippen LogP contribution in [0, 0.1) is 13.8 Å². The van der Waals surface area contributed by atoms with Gasteiger partial charge in [-0.25, -0.2) is 0 Å². The maximum absolute atomic E-state index is 11.9. The van der Waals surface area contributed by atoms with E-state index in [1.54, 1.807) is 11.8 Å². The number of ether oxygens (including phenoxy) is 1. The number of anilines is 1. The zero-order valence-electron chi connectivity index (χ0n) is 11.6. The maximum atomic E-state index is 11.9. The summed E-state index contributed by atoms with van der Waals surface area (Å²) in [5.74, 6) is 0.575. The Morgan fingerprint density at radius 3 is 3.05 bits per heavy atom. The fourth-order valence-electron chi connectivity index (χ4n) is 2.09. The second-order valence-electron chi connectivity index (χ2n) is 5.02. The van der Waals surface area contributed by atoms with Crippen LogP contribution in [0.4, 0.5) is 5.69 Å². The molecule has 0 aromatic heterocycles. The molecule has 0 spiro atoms. The summed E-state index contributed by atoms with van der Waals surface area (Å²) in [6.45, 7) is 5.69. The second kappa shape index (κ2) is 6.96. The van der Waals surface area contributed by atoms with Crippen LogP contribution in [0.2, 0.25) is 0 Å². The Balaban J connectivity index is 1.81. The minimum absolute atomic E-state index is 0.0734. The maximum Gasteiger partial charge on any atom is 0.234 e. The lowest BCUT2D eigenvalue weighted by Gasteiger charge is -2.21. The van der Waals surface area contributed by atoms with Crippen molar-refractivity contribution in [3.63, 3.8) is 0 Å². The van der Waals surface area contributed by atoms with Crippen molar-refractivity contribution in [1.82, 2.24) is 0 Å². The predicted octanol–water partition coefficient (Wildman–Crippen LogP) is 3.15. The Bertz CT molecular complexity index is 442. The van der Waals surface area contributed by atoms with E-state index in [0.29, 0.717) is 11.0 Å². The fraction of sp³-hybridized carbons (Fsp3) is 0.533. The molecule has 1 saturated heterocycles. The Hall–Kier alpha value is -1.00. The number of nitrogens with one attached hydrogen (secondary N) is 1. The van der Waals surface area contributed by atoms with Gasteiger partial charge in [0, 0.05) is 17.5 Å². The van der Waals surface area contributed by atoms with Crippen molar-refractivity contribution in [3.8, 4) is 0 Å². The van der Waals surface area contributed by atoms with Gasteiger partial charge in [-0.1, -0.05) is 12.1 Å². The van der Waals surface area contributed by atoms with Gasteiger partial charge < -0.3 is 10.1 Å². The molecule has 1 fully saturated rings. The van der Waals surface area contributed by atoms with Gasteiger partial charge in [-0.2, -0.15) is 0 Å². The van der Waals surface area contributed by atoms with Gasteiger partial charge in [0.05, 0.1) is 12.4 Å². The number of aryl methyl sites for hydroxylation is 2. The second-order valence-corrected chi connectivity index (χ2v) is 6.31. The number of amides is 1. The highest BCUT2D eigenvalue weighted by atomic mass is 32.2. The molecular formula is C15H21NO2S. The van der Waals surface area contributed by atoms with E-state index in [1.165, 1.54) is 0 Å². The molecule has 1 aliphatic heterocycles. The lowest BCUT2D eigenvalue weighted by molar-refractivity contribution is -0.113. The van der Waals surface area contributed by atoms with Crippen LogP contribution in [0.1, 0.15) is 24.0 Å². The number of carbonyl (C=O) groups excluding carboxylic acids is 1. The predicted molar refractivity (Wildman–Crippen MR) is 80.8 cm³/mol. The molecule has 1 atom stereocenters. The molecule has 0 saturated carbocycles. The SMILES string of the molecule is Cc1ccc(C)c(NC(=O)CSC2CCCOC2)c1. The van der Waals surface area contributed by atoms with Gasteiger partial charge in [0.15, 0.2) is 0 Å². The van der Waals surface area contributed by atoms with Gasteiger partial charge in [-0.3, -0.25) is 4.79 Å². The van der Waals surface area contributed by atoms with Crippen LogP contribution in [0.3, 0.4) is 0 Å². The van der Waals surface area contributed by atoms with Crippen LogP contribution in [-0.2, 0) is 9.53 Å². The van der Waals surface area contributed by atoms with Crippen LogP contribution in [0.5, 0.6) is 0 Å². The third-order valence-corrected chi connectivity index (χ3v) is 4.51. The molecule has 0 aliphatic carbocycles. The number of hydrogen-bond donors (Lipinski definition) is 1. The number of carbonyl (C=O) groups is 1. The van der Waals surface area contributed by atoms with Gasteiger partial charge in [0.1, 0.15) is 0 Å². The first kappa shape index (κ1) is 14.4. The minimum atomic E-state index is 0.0734. The Morgan fingerprint density at radius 2 is 2.32 bits per heavy atom. The monoisotopic (exact) mass is 279 g/mol. The van der Waals surface area contributed by atoms with Crippen molar-refractivity contribution in [3.05, 3.63) is 29.3 Å². The van der Waals surface area contributed by atoms with Crippen LogP contribution in [0.25, 0.3) is 0 Å². The summed E-state index contributed by atoms with van der Waals surface area (Å²) in [4.78, 5) is 11.9. The fourth-order valence-corrected chi connectivity index (χ4v) is 3.08. The number of hydrogen-bond acceptors (Lipinski definition) is 3. The molecule has 0 bridgehead atoms. The molecule has 1 amide bonds. The molecule has 1 aromatic rings. The highest BCUT2D eigenvalue weighted by Gasteiger charge is 2.16. The van der Waals surface area contributed by atoms with Crippen LogP contribution >= 0.6 is 11.8 Å². The Labute approximate surface area is 119 Å². The molecule has 0 radical (unpaired) electrons. The van der Waals surface area contributed by atoms with E-state index in [4.69, 9.17) is 4.74 Å². The molecule has 1 aromatic carbocycles. The first-order chi connectivity index (χ1) is 9.15. The summed E-state index contributed by atoms with van der Waals surface area (Å²) in [5, 5.41) is 3.46. The minimum Gasteiger partial charge on any atom is -0.380 e. The van der Waals surface area contributed by atoms with E-state index in [2.05, 4.69) is 11.4 Å². The molecule has 1 aliphatic rings. The van der Waals surface area contributed by atoms with Gasteiger partial charge in [-0.15, -0.1) is 11.8 Å². The standard InChI is InChI=1S/C15H21NO2S/c1-11-5-6-12(2)14(8-11)16-15(17)10-19-13-4-3-7-18-9-13/h5-6,8,13H,3-4,7,9-10H2,1-2H3,(H,16,17). The molecule has 19 heavy (non-hydrogen) atoms. The Kier molecular flexibility index (Phi) is 5.28. The van der Waals surface area contributed by atoms with Gasteiger partial charge in [-0.05, 0) is 43.9 Å². The zero-order chi connectivity index (χ0) is 13.7. The highest BCUT2D eigenvalue weighted by molar-refractivity contribution is 8.00. The van der Waals surface area contributed by atoms with Crippen molar-refractivity contribution in [2.45, 2.75) is 31.9 Å². The van der Waals surface area contributed by atoms with Crippen LogP contribution < -0.4 is 5.32 Å². The smallest absolute Gasteiger partial charge is 0.234 e. The van der Waals surface area contributed by atoms with Gasteiger partial charge >= 0.3 is 0 Å². The lowest BCUT2D eigenvalue weighted by atomic mass is 10.1. The van der Waals surface area contributed by atoms with Crippen LogP contribution in [0.15, 0.2) is 18.2 Å². The molecule has 3 nitrogen and oxygen atoms in total. The van der Waals surface area contributed by atoms with E-state index >= 15 is 0 Å². The molecule has 4 heteroatoms. The van der Waals surface area contributed by atoms with Gasteiger partial charge in [0.25, 0.3) is 0 Å². The first-order valence-corrected chi connectivity index (χ1v) is 7.76. The average Bonchev–Trinajstić information content (AvgIpc) is 2.42. The van der Waals surface area contributed by atoms with Gasteiger partial charge in [0.2, 0.25) is 5.91 Å². The van der Waals surface area contributed by atoms with Crippen molar-refractivity contribution in [2.75, 3.05) is 24.3 Å². The molecule has 1 unspecified atom stereocenters. The van der Waals surface area contributed by atoms with E-state index in [-0.39, 0.29) is 5.91 Å². The molecule has 1 heterocycles. The molecule has 2 rings (SSSR count). The van der Waals surface area contributed by atoms with Crippen molar-refractivity contribution >= 4 is 23.4 Å². The van der Waals surface area contributed by atoms with E-state index in [0.717, 1.165) is 42.9 Å². The largest absolute Gasteiger partial charge is 0.380 e. The zero-order valence-corrected chi connectivity index (χ0v) is 12.4. The first-order valence-electron chi connectivity index (χ1n) is 6.71. The lowest BCUT2D eigenvalue weighted by Crippen LogP contribution is -2.23. The third kappa shape index (κ3) is 4.55. The van der Waals surface area contributed by atoms with E-state index in [9.17, 15) is 4.79 Å². The number of rotatable bonds is 4. The summed E-state index contributed by atoms with van der Waals surface area (Å²) < 4.78 is 5.41. The molecular weight excluding hydrogens is 258 g/mol. The summed E-state index contributed by atoms with van der Waals surface area (Å²) in [7, 11) is 0. The van der Waals surface area contributed by atoms with Crippen molar-refractivity contribution < 1.29 is 9.53 Å². The molecule has 104 valence electrons. The number of benzene rings is 1. The van der Waals surface area contributed by atoms with Crippen molar-refractivity contribution in [1.29, 1.82) is 0 Å². The summed E-state index contributed by atoms with van der Waals surface area (Å²) in [6, 6.07) is 6.10. The normalized spacial score (nSPS) is 19.2. The summed E-state index contributed by atoms with van der Waals surface area (Å²) in [5.41, 5.74) is 3.18. The van der Waals surface area contributed by atoms with E-state index < -0.39 is 0 Å². The third-order valence-electron chi connectivity index (χ3n) is 3.24. The summed E-state index contributed by atoms with van der Waals surface area (Å²) in [6.07, 6.45) is 2.26. The van der Waals surface area contributed by atoms with Crippen molar-refractivity contribution in [2.24, 2.45) is 0 Å². The highest BCUT2D eigenvalue weighted by Crippen LogP contribution is 2.21. The summed E-state index contributed by atoms with van der Waals surface area (Å²) >= 11 is 1.70. The van der Waals surface area contributed by atoms with Crippen LogP contribution in [-0.4, -0.2) is 30.1 Å². The average molecular weight is 279 g/mol. The van der Waals surface area contributed by atoms with E-state index in [1.807, 2.05) is 26.0 Å².